The van der Waals surface area contributed by atoms with Crippen molar-refractivity contribution in [3.8, 4) is 0 Å². The monoisotopic (exact) mass is 315 g/mol. The molecule has 0 aliphatic carbocycles. The van der Waals surface area contributed by atoms with Gasteiger partial charge in [0.05, 0.1) is 8.07 Å². The Balaban J connectivity index is 2.11. The minimum atomic E-state index is -1.15. The Morgan fingerprint density at radius 2 is 1.68 bits per heavy atom. The molecular formula is C20H33NSi. The molecule has 0 aromatic heterocycles. The molecule has 1 nitrogen and oxygen atoms in total. The highest BCUT2D eigenvalue weighted by Gasteiger charge is 2.30. The smallest absolute Gasteiger partial charge is 0.0683 e. The van der Waals surface area contributed by atoms with E-state index in [4.69, 9.17) is 0 Å². The molecule has 2 heteroatoms. The van der Waals surface area contributed by atoms with E-state index in [0.29, 0.717) is 0 Å². The van der Waals surface area contributed by atoms with E-state index in [-0.39, 0.29) is 5.54 Å². The molecule has 0 spiro atoms. The van der Waals surface area contributed by atoms with Gasteiger partial charge in [-0.15, -0.1) is 0 Å². The predicted molar refractivity (Wildman–Crippen MR) is 101 cm³/mol. The van der Waals surface area contributed by atoms with E-state index in [9.17, 15) is 0 Å². The Hall–Kier alpha value is -0.863. The summed E-state index contributed by atoms with van der Waals surface area (Å²) in [6.07, 6.45) is 9.07. The van der Waals surface area contributed by atoms with Crippen molar-refractivity contribution in [1.82, 2.24) is 4.90 Å². The Kier molecular flexibility index (Phi) is 6.05. The number of benzene rings is 1. The zero-order valence-corrected chi connectivity index (χ0v) is 15.9. The van der Waals surface area contributed by atoms with Gasteiger partial charge in [0, 0.05) is 5.54 Å². The van der Waals surface area contributed by atoms with Crippen LogP contribution in [-0.4, -0.2) is 31.6 Å². The quantitative estimate of drug-likeness (QED) is 0.644. The summed E-state index contributed by atoms with van der Waals surface area (Å²) in [6.45, 7) is 12.3. The van der Waals surface area contributed by atoms with E-state index in [1.54, 1.807) is 0 Å². The third-order valence-corrected chi connectivity index (χ3v) is 5.95. The van der Waals surface area contributed by atoms with E-state index in [0.717, 1.165) is 0 Å². The van der Waals surface area contributed by atoms with E-state index in [1.807, 2.05) is 0 Å². The van der Waals surface area contributed by atoms with Crippen LogP contribution in [0.4, 0.5) is 0 Å². The normalized spacial score (nSPS) is 20.2. The Morgan fingerprint density at radius 3 is 2.27 bits per heavy atom. The fourth-order valence-corrected chi connectivity index (χ4v) is 4.08. The van der Waals surface area contributed by atoms with Crippen molar-refractivity contribution in [3.05, 3.63) is 47.7 Å². The summed E-state index contributed by atoms with van der Waals surface area (Å²) in [5.41, 5.74) is 4.23. The van der Waals surface area contributed by atoms with Crippen LogP contribution >= 0.6 is 0 Å². The summed E-state index contributed by atoms with van der Waals surface area (Å²) in [5, 5.41) is 0. The van der Waals surface area contributed by atoms with Gasteiger partial charge in [-0.2, -0.15) is 0 Å². The van der Waals surface area contributed by atoms with Crippen LogP contribution in [0.25, 0.3) is 0 Å². The van der Waals surface area contributed by atoms with Gasteiger partial charge in [0.15, 0.2) is 0 Å². The Bertz CT molecular complexity index is 468. The third-order valence-electron chi connectivity index (χ3n) is 4.78. The lowest BCUT2D eigenvalue weighted by molar-refractivity contribution is 0.111. The molecule has 2 rings (SSSR count). The van der Waals surface area contributed by atoms with Crippen molar-refractivity contribution >= 4 is 8.07 Å². The molecule has 0 N–H and O–H groups in total. The lowest BCUT2D eigenvalue weighted by Gasteiger charge is -2.42. The second-order valence-corrected chi connectivity index (χ2v) is 13.2. The Morgan fingerprint density at radius 1 is 1.05 bits per heavy atom. The molecule has 1 aromatic rings. The minimum Gasteiger partial charge on any atom is -0.294 e. The third kappa shape index (κ3) is 5.40. The van der Waals surface area contributed by atoms with Crippen LogP contribution in [-0.2, 0) is 6.42 Å². The first-order chi connectivity index (χ1) is 10.4. The molecule has 1 aliphatic rings. The lowest BCUT2D eigenvalue weighted by atomic mass is 9.89. The topological polar surface area (TPSA) is 3.24 Å². The second-order valence-electron chi connectivity index (χ2n) is 8.09. The summed E-state index contributed by atoms with van der Waals surface area (Å²) in [5.74, 6) is 0. The molecule has 122 valence electrons. The fraction of sp³-hybridized carbons (Fsp3) is 0.600. The van der Waals surface area contributed by atoms with Crippen LogP contribution in [0.5, 0.6) is 0 Å². The molecule has 0 radical (unpaired) electrons. The summed E-state index contributed by atoms with van der Waals surface area (Å²) in [6, 6.07) is 11.0. The number of nitrogens with zero attached hydrogens (tertiary/aromatic N) is 1. The number of hydrogen-bond acceptors (Lipinski definition) is 1. The fourth-order valence-electron chi connectivity index (χ4n) is 3.22. The van der Waals surface area contributed by atoms with Crippen molar-refractivity contribution in [2.75, 3.05) is 13.1 Å². The van der Waals surface area contributed by atoms with Gasteiger partial charge in [-0.05, 0) is 51.3 Å². The Labute approximate surface area is 138 Å². The van der Waals surface area contributed by atoms with Crippen molar-refractivity contribution in [2.24, 2.45) is 0 Å². The lowest BCUT2D eigenvalue weighted by Crippen LogP contribution is -2.48. The molecule has 1 unspecified atom stereocenters. The molecule has 22 heavy (non-hydrogen) atoms. The van der Waals surface area contributed by atoms with Crippen LogP contribution < -0.4 is 0 Å². The molecular weight excluding hydrogens is 282 g/mol. The van der Waals surface area contributed by atoms with Crippen LogP contribution in [0.2, 0.25) is 19.6 Å². The van der Waals surface area contributed by atoms with E-state index in [1.165, 1.54) is 50.8 Å². The number of aryl methyl sites for hydroxylation is 1. The van der Waals surface area contributed by atoms with Crippen molar-refractivity contribution in [3.63, 3.8) is 0 Å². The SMILES string of the molecule is CC(/C=C/[Si](C)(C)C)(CCc1ccccc1)N1CCCCC1. The first-order valence-electron chi connectivity index (χ1n) is 8.88. The van der Waals surface area contributed by atoms with E-state index < -0.39 is 8.07 Å². The van der Waals surface area contributed by atoms with Gasteiger partial charge >= 0.3 is 0 Å². The van der Waals surface area contributed by atoms with Crippen LogP contribution in [0.15, 0.2) is 42.1 Å². The highest BCUT2D eigenvalue weighted by Crippen LogP contribution is 2.28. The van der Waals surface area contributed by atoms with Gasteiger partial charge in [-0.25, -0.2) is 0 Å². The highest BCUT2D eigenvalue weighted by atomic mass is 28.3. The summed E-state index contributed by atoms with van der Waals surface area (Å²) >= 11 is 0. The molecule has 0 amide bonds. The first-order valence-corrected chi connectivity index (χ1v) is 12.5. The molecule has 1 atom stereocenters. The summed E-state index contributed by atoms with van der Waals surface area (Å²) in [7, 11) is -1.15. The van der Waals surface area contributed by atoms with Gasteiger partial charge in [0.25, 0.3) is 0 Å². The maximum absolute atomic E-state index is 2.73. The van der Waals surface area contributed by atoms with Gasteiger partial charge in [-0.3, -0.25) is 4.90 Å². The van der Waals surface area contributed by atoms with Gasteiger partial charge in [-0.1, -0.05) is 68.2 Å². The largest absolute Gasteiger partial charge is 0.294 e. The number of hydrogen-bond donors (Lipinski definition) is 0. The van der Waals surface area contributed by atoms with Gasteiger partial charge < -0.3 is 0 Å². The van der Waals surface area contributed by atoms with Crippen LogP contribution in [0.3, 0.4) is 0 Å². The molecule has 0 saturated carbocycles. The zero-order chi connectivity index (χ0) is 16.1. The number of rotatable bonds is 6. The zero-order valence-electron chi connectivity index (χ0n) is 14.9. The molecule has 1 aliphatic heterocycles. The summed E-state index contributed by atoms with van der Waals surface area (Å²) < 4.78 is 0. The first kappa shape index (κ1) is 17.5. The van der Waals surface area contributed by atoms with Gasteiger partial charge in [0.2, 0.25) is 0 Å². The average Bonchev–Trinajstić information content (AvgIpc) is 2.52. The van der Waals surface area contributed by atoms with Crippen molar-refractivity contribution < 1.29 is 0 Å². The molecule has 1 aromatic carbocycles. The average molecular weight is 316 g/mol. The molecule has 1 saturated heterocycles. The van der Waals surface area contributed by atoms with E-state index >= 15 is 0 Å². The van der Waals surface area contributed by atoms with Crippen molar-refractivity contribution in [1.29, 1.82) is 0 Å². The number of piperidine rings is 1. The van der Waals surface area contributed by atoms with Crippen LogP contribution in [0, 0.1) is 0 Å². The number of likely N-dealkylation sites (tertiary alicyclic amines) is 1. The van der Waals surface area contributed by atoms with Crippen LogP contribution in [0.1, 0.15) is 38.2 Å². The molecule has 1 heterocycles. The van der Waals surface area contributed by atoms with E-state index in [2.05, 4.69) is 73.6 Å². The van der Waals surface area contributed by atoms with Gasteiger partial charge in [0.1, 0.15) is 0 Å². The van der Waals surface area contributed by atoms with Crippen molar-refractivity contribution in [2.45, 2.75) is 64.2 Å². The predicted octanol–water partition coefficient (Wildman–Crippen LogP) is 5.30. The maximum Gasteiger partial charge on any atom is 0.0683 e. The highest BCUT2D eigenvalue weighted by molar-refractivity contribution is 6.80. The maximum atomic E-state index is 2.73. The standard InChI is InChI=1S/C20H33NSi/c1-20(15-18-22(2,3)4,21-16-9-6-10-17-21)14-13-19-11-7-5-8-12-19/h5,7-8,11-12,15,18H,6,9-10,13-14,16-17H2,1-4H3/b18-15+. The second kappa shape index (κ2) is 7.61. The molecule has 1 fully saturated rings. The molecule has 0 bridgehead atoms. The minimum absolute atomic E-state index is 0.219. The summed E-state index contributed by atoms with van der Waals surface area (Å²) in [4.78, 5) is 2.73.